The molecule has 0 radical (unpaired) electrons. The van der Waals surface area contributed by atoms with E-state index in [0.29, 0.717) is 11.6 Å². The number of rotatable bonds is 3. The first-order chi connectivity index (χ1) is 4.64. The molecule has 1 fully saturated rings. The molecule has 10 heavy (non-hydrogen) atoms. The molecule has 0 saturated carbocycles. The molecule has 1 rings (SSSR count). The van der Waals surface area contributed by atoms with E-state index in [2.05, 4.69) is 38.3 Å². The van der Waals surface area contributed by atoms with Gasteiger partial charge in [0.25, 0.3) is 0 Å². The van der Waals surface area contributed by atoms with Gasteiger partial charge in [-0.1, -0.05) is 20.8 Å². The molecule has 1 heterocycles. The zero-order valence-electron chi connectivity index (χ0n) is 7.44. The van der Waals surface area contributed by atoms with Gasteiger partial charge < -0.3 is 0 Å². The number of hydrogen-bond donors (Lipinski definition) is 1. The quantitative estimate of drug-likeness (QED) is 0.605. The molecular formula is C8H18N2. The fourth-order valence-corrected chi connectivity index (χ4v) is 1.42. The summed E-state index contributed by atoms with van der Waals surface area (Å²) in [6.07, 6.45) is 3.14. The zero-order valence-corrected chi connectivity index (χ0v) is 7.44. The van der Waals surface area contributed by atoms with Crippen molar-refractivity contribution in [2.24, 2.45) is 5.41 Å². The van der Waals surface area contributed by atoms with Gasteiger partial charge in [0.1, 0.15) is 0 Å². The Kier molecular flexibility index (Phi) is 2.02. The van der Waals surface area contributed by atoms with Crippen LogP contribution in [0.5, 0.6) is 0 Å². The summed E-state index contributed by atoms with van der Waals surface area (Å²) in [4.78, 5) is 0. The van der Waals surface area contributed by atoms with Gasteiger partial charge in [0.15, 0.2) is 0 Å². The van der Waals surface area contributed by atoms with Crippen LogP contribution in [0.15, 0.2) is 0 Å². The molecule has 1 saturated heterocycles. The van der Waals surface area contributed by atoms with Crippen molar-refractivity contribution in [1.29, 1.82) is 0 Å². The van der Waals surface area contributed by atoms with Gasteiger partial charge in [-0.25, -0.2) is 10.4 Å². The molecule has 0 aliphatic carbocycles. The van der Waals surface area contributed by atoms with Crippen LogP contribution in [0.2, 0.25) is 0 Å². The van der Waals surface area contributed by atoms with Gasteiger partial charge in [-0.3, -0.25) is 0 Å². The maximum Gasteiger partial charge on any atom is 0.0913 e. The van der Waals surface area contributed by atoms with E-state index < -0.39 is 0 Å². The molecule has 2 atom stereocenters. The largest absolute Gasteiger partial charge is 0.235 e. The van der Waals surface area contributed by atoms with Crippen molar-refractivity contribution in [1.82, 2.24) is 10.4 Å². The van der Waals surface area contributed by atoms with Crippen LogP contribution in [0.4, 0.5) is 0 Å². The lowest BCUT2D eigenvalue weighted by Gasteiger charge is -2.24. The summed E-state index contributed by atoms with van der Waals surface area (Å²) >= 11 is 0. The predicted molar refractivity (Wildman–Crippen MR) is 43.4 cm³/mol. The molecule has 1 N–H and O–H groups in total. The van der Waals surface area contributed by atoms with Gasteiger partial charge >= 0.3 is 0 Å². The Labute approximate surface area is 63.6 Å². The lowest BCUT2D eigenvalue weighted by molar-refractivity contribution is 0.257. The van der Waals surface area contributed by atoms with Crippen LogP contribution in [0.1, 0.15) is 33.6 Å². The standard InChI is InChI=1S/C8H18N2/c1-5-8(3,6-2)7-9-10(7)4/h7,9H,5-6H2,1-4H3. The molecular weight excluding hydrogens is 124 g/mol. The summed E-state index contributed by atoms with van der Waals surface area (Å²) in [5, 5.41) is 2.19. The van der Waals surface area contributed by atoms with Gasteiger partial charge in [-0.15, -0.1) is 0 Å². The lowest BCUT2D eigenvalue weighted by atomic mass is 9.83. The molecule has 0 amide bonds. The second-order valence-electron chi connectivity index (χ2n) is 3.50. The maximum atomic E-state index is 3.31. The fourth-order valence-electron chi connectivity index (χ4n) is 1.42. The van der Waals surface area contributed by atoms with Crippen molar-refractivity contribution in [3.63, 3.8) is 0 Å². The Hall–Kier alpha value is -0.0800. The average Bonchev–Trinajstić information content (AvgIpc) is 2.66. The molecule has 2 heteroatoms. The highest BCUT2D eigenvalue weighted by Crippen LogP contribution is 2.35. The Morgan fingerprint density at radius 1 is 1.40 bits per heavy atom. The van der Waals surface area contributed by atoms with E-state index in [4.69, 9.17) is 0 Å². The Morgan fingerprint density at radius 3 is 1.90 bits per heavy atom. The van der Waals surface area contributed by atoms with Crippen LogP contribution in [0, 0.1) is 5.41 Å². The minimum Gasteiger partial charge on any atom is -0.235 e. The first-order valence-electron chi connectivity index (χ1n) is 4.13. The molecule has 0 aromatic heterocycles. The molecule has 2 unspecified atom stereocenters. The van der Waals surface area contributed by atoms with Gasteiger partial charge in [0, 0.05) is 7.05 Å². The second-order valence-corrected chi connectivity index (χ2v) is 3.50. The lowest BCUT2D eigenvalue weighted by Crippen LogP contribution is -2.24. The highest BCUT2D eigenvalue weighted by atomic mass is 15.7. The summed E-state index contributed by atoms with van der Waals surface area (Å²) in [6.45, 7) is 6.86. The van der Waals surface area contributed by atoms with E-state index in [1.165, 1.54) is 12.8 Å². The Morgan fingerprint density at radius 2 is 1.80 bits per heavy atom. The van der Waals surface area contributed by atoms with E-state index in [1.807, 2.05) is 0 Å². The summed E-state index contributed by atoms with van der Waals surface area (Å²) in [5.74, 6) is 0. The molecule has 0 aromatic carbocycles. The van der Waals surface area contributed by atoms with Crippen molar-refractivity contribution in [2.75, 3.05) is 7.05 Å². The minimum atomic E-state index is 0.481. The van der Waals surface area contributed by atoms with Crippen molar-refractivity contribution in [3.05, 3.63) is 0 Å². The Bertz CT molecular complexity index is 118. The molecule has 0 aromatic rings. The Balaban J connectivity index is 2.48. The molecule has 60 valence electrons. The SMILES string of the molecule is CCC(C)(CC)C1NN1C. The third-order valence-electron chi connectivity index (χ3n) is 2.92. The molecule has 0 spiro atoms. The van der Waals surface area contributed by atoms with Crippen molar-refractivity contribution in [3.8, 4) is 0 Å². The van der Waals surface area contributed by atoms with Crippen LogP contribution >= 0.6 is 0 Å². The van der Waals surface area contributed by atoms with Crippen LogP contribution in [-0.2, 0) is 0 Å². The normalized spacial score (nSPS) is 32.4. The highest BCUT2D eigenvalue weighted by molar-refractivity contribution is 4.90. The molecule has 1 aliphatic heterocycles. The minimum absolute atomic E-state index is 0.481. The fraction of sp³-hybridized carbons (Fsp3) is 1.00. The summed E-state index contributed by atoms with van der Waals surface area (Å²) in [7, 11) is 2.11. The van der Waals surface area contributed by atoms with Crippen molar-refractivity contribution in [2.45, 2.75) is 39.8 Å². The molecule has 1 aliphatic rings. The van der Waals surface area contributed by atoms with E-state index in [-0.39, 0.29) is 0 Å². The van der Waals surface area contributed by atoms with Crippen molar-refractivity contribution < 1.29 is 0 Å². The smallest absolute Gasteiger partial charge is 0.0913 e. The molecule has 2 nitrogen and oxygen atoms in total. The third kappa shape index (κ3) is 1.18. The predicted octanol–water partition coefficient (Wildman–Crippen LogP) is 1.59. The summed E-state index contributed by atoms with van der Waals surface area (Å²) in [6, 6.07) is 0. The topological polar surface area (TPSA) is 25.0 Å². The monoisotopic (exact) mass is 142 g/mol. The van der Waals surface area contributed by atoms with Crippen LogP contribution in [0.3, 0.4) is 0 Å². The maximum absolute atomic E-state index is 3.31. The molecule has 0 bridgehead atoms. The first kappa shape index (κ1) is 8.02. The van der Waals surface area contributed by atoms with Crippen LogP contribution in [0.25, 0.3) is 0 Å². The number of hydrazine groups is 1. The van der Waals surface area contributed by atoms with E-state index >= 15 is 0 Å². The van der Waals surface area contributed by atoms with E-state index in [1.54, 1.807) is 0 Å². The summed E-state index contributed by atoms with van der Waals surface area (Å²) < 4.78 is 0. The van der Waals surface area contributed by atoms with Crippen LogP contribution < -0.4 is 5.43 Å². The number of nitrogens with one attached hydrogen (secondary N) is 1. The number of hydrogen-bond acceptors (Lipinski definition) is 2. The van der Waals surface area contributed by atoms with Crippen molar-refractivity contribution >= 4 is 0 Å². The van der Waals surface area contributed by atoms with E-state index in [0.717, 1.165) is 0 Å². The van der Waals surface area contributed by atoms with Gasteiger partial charge in [-0.05, 0) is 18.3 Å². The second kappa shape index (κ2) is 2.51. The average molecular weight is 142 g/mol. The van der Waals surface area contributed by atoms with Gasteiger partial charge in [0.2, 0.25) is 0 Å². The van der Waals surface area contributed by atoms with Crippen LogP contribution in [-0.4, -0.2) is 18.2 Å². The van der Waals surface area contributed by atoms with E-state index in [9.17, 15) is 0 Å². The summed E-state index contributed by atoms with van der Waals surface area (Å²) in [5.41, 5.74) is 3.79. The van der Waals surface area contributed by atoms with Gasteiger partial charge in [0.05, 0.1) is 6.17 Å². The third-order valence-corrected chi connectivity index (χ3v) is 2.92. The highest BCUT2D eigenvalue weighted by Gasteiger charge is 2.43. The zero-order chi connectivity index (χ0) is 7.78. The van der Waals surface area contributed by atoms with Gasteiger partial charge in [-0.2, -0.15) is 0 Å². The first-order valence-corrected chi connectivity index (χ1v) is 4.13. The number of nitrogens with zero attached hydrogens (tertiary/aromatic N) is 1.